The number of hydrogen-bond acceptors (Lipinski definition) is 3. The molecule has 0 spiro atoms. The third kappa shape index (κ3) is 5.62. The molecule has 1 unspecified atom stereocenters. The average molecular weight is 499 g/mol. The first kappa shape index (κ1) is 25.8. The van der Waals surface area contributed by atoms with Crippen molar-refractivity contribution in [2.75, 3.05) is 10.8 Å². The van der Waals surface area contributed by atoms with Crippen LogP contribution < -0.4 is 9.62 Å². The van der Waals surface area contributed by atoms with Gasteiger partial charge in [-0.2, -0.15) is 0 Å². The quantitative estimate of drug-likeness (QED) is 0.437. The second-order valence-corrected chi connectivity index (χ2v) is 11.1. The van der Waals surface area contributed by atoms with Crippen molar-refractivity contribution in [3.8, 4) is 0 Å². The third-order valence-corrected chi connectivity index (χ3v) is 8.23. The van der Waals surface area contributed by atoms with Crippen molar-refractivity contribution in [1.82, 2.24) is 5.32 Å². The third-order valence-electron chi connectivity index (χ3n) is 6.19. The second-order valence-electron chi connectivity index (χ2n) is 8.82. The van der Waals surface area contributed by atoms with Crippen molar-refractivity contribution >= 4 is 33.2 Å². The summed E-state index contributed by atoms with van der Waals surface area (Å²) in [7, 11) is -4.00. The Morgan fingerprint density at radius 1 is 0.853 bits per heavy atom. The Kier molecular flexibility index (Phi) is 7.74. The number of rotatable bonds is 7. The van der Waals surface area contributed by atoms with Crippen LogP contribution in [0.1, 0.15) is 46.3 Å². The largest absolute Gasteiger partial charge is 0.348 e. The number of hydrogen-bond donors (Lipinski definition) is 1. The molecular weight excluding hydrogens is 468 g/mol. The summed E-state index contributed by atoms with van der Waals surface area (Å²) in [5.41, 5.74) is 6.83. The lowest BCUT2D eigenvalue weighted by molar-refractivity contribution is -0.120. The molecule has 0 heterocycles. The van der Waals surface area contributed by atoms with Crippen LogP contribution in [0.15, 0.2) is 59.5 Å². The van der Waals surface area contributed by atoms with Gasteiger partial charge in [0.2, 0.25) is 5.91 Å². The van der Waals surface area contributed by atoms with E-state index in [0.29, 0.717) is 10.7 Å². The number of sulfonamides is 1. The smallest absolute Gasteiger partial charge is 0.264 e. The molecule has 3 rings (SSSR count). The van der Waals surface area contributed by atoms with Gasteiger partial charge in [0.05, 0.1) is 16.6 Å². The first-order valence-electron chi connectivity index (χ1n) is 11.1. The van der Waals surface area contributed by atoms with Crippen LogP contribution in [-0.2, 0) is 14.8 Å². The minimum atomic E-state index is -4.00. The van der Waals surface area contributed by atoms with Gasteiger partial charge in [0.15, 0.2) is 0 Å². The zero-order valence-electron chi connectivity index (χ0n) is 20.4. The fourth-order valence-corrected chi connectivity index (χ4v) is 5.41. The summed E-state index contributed by atoms with van der Waals surface area (Å²) in [6.07, 6.45) is 0. The lowest BCUT2D eigenvalue weighted by Crippen LogP contribution is -2.41. The molecule has 0 radical (unpaired) electrons. The fourth-order valence-electron chi connectivity index (χ4n) is 3.87. The van der Waals surface area contributed by atoms with E-state index in [1.54, 1.807) is 12.1 Å². The molecule has 3 aromatic carbocycles. The van der Waals surface area contributed by atoms with Gasteiger partial charge in [-0.3, -0.25) is 9.10 Å². The number of amides is 1. The zero-order chi connectivity index (χ0) is 25.2. The Hall–Kier alpha value is -2.83. The van der Waals surface area contributed by atoms with Gasteiger partial charge in [-0.25, -0.2) is 8.42 Å². The van der Waals surface area contributed by atoms with Gasteiger partial charge in [-0.15, -0.1) is 0 Å². The maximum absolute atomic E-state index is 13.6. The predicted molar refractivity (Wildman–Crippen MR) is 139 cm³/mol. The van der Waals surface area contributed by atoms with E-state index in [1.165, 1.54) is 29.8 Å². The molecule has 0 aliphatic carbocycles. The summed E-state index contributed by atoms with van der Waals surface area (Å²) < 4.78 is 28.3. The van der Waals surface area contributed by atoms with E-state index in [1.807, 2.05) is 40.7 Å². The fraction of sp³-hybridized carbons (Fsp3) is 0.296. The molecule has 34 heavy (non-hydrogen) atoms. The van der Waals surface area contributed by atoms with E-state index < -0.39 is 10.0 Å². The lowest BCUT2D eigenvalue weighted by atomic mass is 9.96. The summed E-state index contributed by atoms with van der Waals surface area (Å²) in [5.74, 6) is -0.388. The average Bonchev–Trinajstić information content (AvgIpc) is 2.76. The normalized spacial score (nSPS) is 12.3. The standard InChI is InChI=1S/C27H31ClN2O3S/c1-17-7-10-24(14-19(17)3)30(34(32,33)25-11-8-23(28)9-12-25)16-27(31)29-22(6)26-15-20(4)18(2)13-21(26)5/h7-15,22H,16H2,1-6H3,(H,29,31). The number of benzene rings is 3. The molecule has 0 aromatic heterocycles. The number of carbonyl (C=O) groups excluding carboxylic acids is 1. The highest BCUT2D eigenvalue weighted by Gasteiger charge is 2.28. The first-order chi connectivity index (χ1) is 15.9. The van der Waals surface area contributed by atoms with E-state index in [0.717, 1.165) is 32.1 Å². The van der Waals surface area contributed by atoms with Gasteiger partial charge in [0.25, 0.3) is 10.0 Å². The van der Waals surface area contributed by atoms with Crippen LogP contribution in [0, 0.1) is 34.6 Å². The molecule has 0 bridgehead atoms. The van der Waals surface area contributed by atoms with Crippen LogP contribution in [0.25, 0.3) is 0 Å². The van der Waals surface area contributed by atoms with Crippen molar-refractivity contribution in [2.24, 2.45) is 0 Å². The maximum atomic E-state index is 13.6. The predicted octanol–water partition coefficient (Wildman–Crippen LogP) is 5.95. The molecule has 3 aromatic rings. The molecule has 0 fully saturated rings. The topological polar surface area (TPSA) is 66.5 Å². The molecule has 1 atom stereocenters. The van der Waals surface area contributed by atoms with Crippen molar-refractivity contribution < 1.29 is 13.2 Å². The van der Waals surface area contributed by atoms with Crippen molar-refractivity contribution in [1.29, 1.82) is 0 Å². The highest BCUT2D eigenvalue weighted by molar-refractivity contribution is 7.92. The number of halogens is 1. The van der Waals surface area contributed by atoms with Crippen LogP contribution in [-0.4, -0.2) is 20.9 Å². The van der Waals surface area contributed by atoms with Crippen molar-refractivity contribution in [3.05, 3.63) is 93.0 Å². The van der Waals surface area contributed by atoms with E-state index in [9.17, 15) is 13.2 Å². The molecular formula is C27H31ClN2O3S. The summed E-state index contributed by atoms with van der Waals surface area (Å²) in [5, 5.41) is 3.41. The summed E-state index contributed by atoms with van der Waals surface area (Å²) in [6.45, 7) is 11.5. The van der Waals surface area contributed by atoms with Gasteiger partial charge in [-0.1, -0.05) is 29.8 Å². The highest BCUT2D eigenvalue weighted by Crippen LogP contribution is 2.27. The molecule has 1 amide bonds. The maximum Gasteiger partial charge on any atom is 0.264 e. The Balaban J connectivity index is 1.94. The number of nitrogens with one attached hydrogen (secondary N) is 1. The molecule has 5 nitrogen and oxygen atoms in total. The minimum absolute atomic E-state index is 0.0704. The Bertz CT molecular complexity index is 1320. The lowest BCUT2D eigenvalue weighted by Gasteiger charge is -2.26. The molecule has 1 N–H and O–H groups in total. The molecule has 7 heteroatoms. The van der Waals surface area contributed by atoms with Crippen LogP contribution in [0.4, 0.5) is 5.69 Å². The van der Waals surface area contributed by atoms with Gasteiger partial charge < -0.3 is 5.32 Å². The minimum Gasteiger partial charge on any atom is -0.348 e. The number of carbonyl (C=O) groups is 1. The van der Waals surface area contributed by atoms with Gasteiger partial charge in [0, 0.05) is 5.02 Å². The van der Waals surface area contributed by atoms with Gasteiger partial charge in [-0.05, 0) is 111 Å². The summed E-state index contributed by atoms with van der Waals surface area (Å²) in [4.78, 5) is 13.2. The van der Waals surface area contributed by atoms with Gasteiger partial charge in [0.1, 0.15) is 6.54 Å². The van der Waals surface area contributed by atoms with E-state index in [2.05, 4.69) is 24.4 Å². The molecule has 0 aliphatic heterocycles. The molecule has 0 saturated heterocycles. The van der Waals surface area contributed by atoms with E-state index >= 15 is 0 Å². The van der Waals surface area contributed by atoms with E-state index in [4.69, 9.17) is 11.6 Å². The number of anilines is 1. The van der Waals surface area contributed by atoms with Crippen LogP contribution in [0.3, 0.4) is 0 Å². The van der Waals surface area contributed by atoms with E-state index in [-0.39, 0.29) is 23.4 Å². The highest BCUT2D eigenvalue weighted by atomic mass is 35.5. The van der Waals surface area contributed by atoms with Crippen LogP contribution >= 0.6 is 11.6 Å². The molecule has 180 valence electrons. The second kappa shape index (κ2) is 10.2. The monoisotopic (exact) mass is 498 g/mol. The summed E-state index contributed by atoms with van der Waals surface area (Å²) >= 11 is 5.96. The zero-order valence-corrected chi connectivity index (χ0v) is 22.0. The van der Waals surface area contributed by atoms with Crippen LogP contribution in [0.5, 0.6) is 0 Å². The molecule has 0 saturated carbocycles. The number of aryl methyl sites for hydroxylation is 5. The number of nitrogens with zero attached hydrogens (tertiary/aromatic N) is 1. The SMILES string of the molecule is Cc1ccc(N(CC(=O)NC(C)c2cc(C)c(C)cc2C)S(=O)(=O)c2ccc(Cl)cc2)cc1C. The van der Waals surface area contributed by atoms with Crippen molar-refractivity contribution in [3.63, 3.8) is 0 Å². The Morgan fingerprint density at radius 2 is 1.44 bits per heavy atom. The van der Waals surface area contributed by atoms with Crippen molar-refractivity contribution in [2.45, 2.75) is 52.5 Å². The molecule has 0 aliphatic rings. The Morgan fingerprint density at radius 3 is 2.06 bits per heavy atom. The first-order valence-corrected chi connectivity index (χ1v) is 12.9. The van der Waals surface area contributed by atoms with Crippen LogP contribution in [0.2, 0.25) is 5.02 Å². The Labute approximate surface area is 207 Å². The summed E-state index contributed by atoms with van der Waals surface area (Å²) in [6, 6.07) is 15.2. The van der Waals surface area contributed by atoms with Gasteiger partial charge >= 0.3 is 0 Å².